The molecule has 1 aliphatic heterocycles. The molecule has 0 spiro atoms. The van der Waals surface area contributed by atoms with Gasteiger partial charge < -0.3 is 15.4 Å². The van der Waals surface area contributed by atoms with Gasteiger partial charge in [0.2, 0.25) is 5.91 Å². The van der Waals surface area contributed by atoms with Crippen molar-refractivity contribution in [2.75, 3.05) is 22.6 Å². The molecule has 0 atom stereocenters. The molecule has 0 radical (unpaired) electrons. The number of methoxy groups -OCH3 is 1. The van der Waals surface area contributed by atoms with Crippen molar-refractivity contribution in [2.45, 2.75) is 6.92 Å². The molecule has 3 aromatic carbocycles. The number of hydrogen-bond donors (Lipinski definition) is 2. The van der Waals surface area contributed by atoms with Crippen LogP contribution in [0, 0.1) is 5.82 Å². The number of halogens is 1. The molecule has 0 unspecified atom stereocenters. The van der Waals surface area contributed by atoms with Gasteiger partial charge in [-0.05, 0) is 66.2 Å². The van der Waals surface area contributed by atoms with E-state index in [1.807, 2.05) is 0 Å². The number of carbonyl (C=O) groups is 3. The van der Waals surface area contributed by atoms with E-state index in [0.29, 0.717) is 28.4 Å². The zero-order valence-electron chi connectivity index (χ0n) is 17.9. The molecule has 0 aromatic heterocycles. The molecule has 4 rings (SSSR count). The Morgan fingerprint density at radius 3 is 2.03 bits per heavy atom. The predicted molar refractivity (Wildman–Crippen MR) is 123 cm³/mol. The largest absolute Gasteiger partial charge is 0.497 e. The summed E-state index contributed by atoms with van der Waals surface area (Å²) < 4.78 is 18.7. The molecule has 0 fully saturated rings. The quantitative estimate of drug-likeness (QED) is 0.556. The molecular formula is C25H20FN3O4. The highest BCUT2D eigenvalue weighted by Gasteiger charge is 2.40. The van der Waals surface area contributed by atoms with E-state index in [-0.39, 0.29) is 17.2 Å². The Bertz CT molecular complexity index is 1250. The highest BCUT2D eigenvalue weighted by Crippen LogP contribution is 2.34. The topological polar surface area (TPSA) is 87.7 Å². The Balaban J connectivity index is 1.73. The standard InChI is InChI=1S/C25H20FN3O4/c1-15(30)27-18-7-11-20(12-8-18)29-24(31)22(16-3-5-17(26)6-4-16)23(25(29)32)28-19-9-13-21(33-2)14-10-19/h3-14,28H,1-2H3,(H,27,30). The van der Waals surface area contributed by atoms with Crippen molar-refractivity contribution < 1.29 is 23.5 Å². The second kappa shape index (κ2) is 8.96. The van der Waals surface area contributed by atoms with Crippen molar-refractivity contribution in [3.63, 3.8) is 0 Å². The van der Waals surface area contributed by atoms with Crippen LogP contribution in [0.3, 0.4) is 0 Å². The van der Waals surface area contributed by atoms with Crippen LogP contribution in [-0.4, -0.2) is 24.8 Å². The smallest absolute Gasteiger partial charge is 0.282 e. The molecule has 33 heavy (non-hydrogen) atoms. The lowest BCUT2D eigenvalue weighted by atomic mass is 10.0. The number of imide groups is 1. The summed E-state index contributed by atoms with van der Waals surface area (Å²) in [5.41, 5.74) is 2.06. The average Bonchev–Trinajstić information content (AvgIpc) is 3.04. The fraction of sp³-hybridized carbons (Fsp3) is 0.0800. The highest BCUT2D eigenvalue weighted by molar-refractivity contribution is 6.46. The van der Waals surface area contributed by atoms with E-state index in [2.05, 4.69) is 10.6 Å². The van der Waals surface area contributed by atoms with Gasteiger partial charge in [0.15, 0.2) is 0 Å². The van der Waals surface area contributed by atoms with Crippen LogP contribution in [-0.2, 0) is 14.4 Å². The van der Waals surface area contributed by atoms with Crippen LogP contribution in [0.1, 0.15) is 12.5 Å². The summed E-state index contributed by atoms with van der Waals surface area (Å²) in [7, 11) is 1.55. The van der Waals surface area contributed by atoms with Crippen molar-refractivity contribution in [1.29, 1.82) is 0 Å². The van der Waals surface area contributed by atoms with Gasteiger partial charge >= 0.3 is 0 Å². The first-order valence-electron chi connectivity index (χ1n) is 10.0. The number of carbonyl (C=O) groups excluding carboxylic acids is 3. The van der Waals surface area contributed by atoms with E-state index in [0.717, 1.165) is 4.90 Å². The van der Waals surface area contributed by atoms with Crippen LogP contribution in [0.5, 0.6) is 5.75 Å². The molecule has 1 aliphatic rings. The summed E-state index contributed by atoms with van der Waals surface area (Å²) in [6, 6.07) is 18.6. The number of rotatable bonds is 6. The molecule has 3 aromatic rings. The van der Waals surface area contributed by atoms with Crippen molar-refractivity contribution in [3.8, 4) is 5.75 Å². The van der Waals surface area contributed by atoms with Gasteiger partial charge in [-0.15, -0.1) is 0 Å². The monoisotopic (exact) mass is 445 g/mol. The number of benzene rings is 3. The Morgan fingerprint density at radius 2 is 1.45 bits per heavy atom. The molecular weight excluding hydrogens is 425 g/mol. The van der Waals surface area contributed by atoms with Crippen molar-refractivity contribution in [3.05, 3.63) is 89.9 Å². The number of nitrogens with zero attached hydrogens (tertiary/aromatic N) is 1. The summed E-state index contributed by atoms with van der Waals surface area (Å²) in [5.74, 6) is -1.14. The number of ether oxygens (including phenoxy) is 1. The lowest BCUT2D eigenvalue weighted by molar-refractivity contribution is -0.120. The summed E-state index contributed by atoms with van der Waals surface area (Å²) in [5, 5.41) is 5.67. The maximum Gasteiger partial charge on any atom is 0.282 e. The molecule has 3 amide bonds. The summed E-state index contributed by atoms with van der Waals surface area (Å²) in [6.07, 6.45) is 0. The summed E-state index contributed by atoms with van der Waals surface area (Å²) >= 11 is 0. The fourth-order valence-electron chi connectivity index (χ4n) is 3.48. The minimum Gasteiger partial charge on any atom is -0.497 e. The summed E-state index contributed by atoms with van der Waals surface area (Å²) in [4.78, 5) is 39.1. The first kappa shape index (κ1) is 21.8. The average molecular weight is 445 g/mol. The van der Waals surface area contributed by atoms with Crippen LogP contribution >= 0.6 is 0 Å². The molecule has 0 saturated carbocycles. The van der Waals surface area contributed by atoms with Crippen molar-refractivity contribution >= 4 is 40.4 Å². The van der Waals surface area contributed by atoms with E-state index in [1.54, 1.807) is 55.6 Å². The SMILES string of the molecule is COc1ccc(NC2=C(c3ccc(F)cc3)C(=O)N(c3ccc(NC(C)=O)cc3)C2=O)cc1. The molecule has 0 bridgehead atoms. The second-order valence-corrected chi connectivity index (χ2v) is 7.28. The third kappa shape index (κ3) is 4.45. The Morgan fingerprint density at radius 1 is 0.848 bits per heavy atom. The Kier molecular flexibility index (Phi) is 5.91. The molecule has 2 N–H and O–H groups in total. The van der Waals surface area contributed by atoms with Gasteiger partial charge in [-0.1, -0.05) is 12.1 Å². The number of hydrogen-bond acceptors (Lipinski definition) is 5. The van der Waals surface area contributed by atoms with Gasteiger partial charge in [-0.3, -0.25) is 14.4 Å². The van der Waals surface area contributed by atoms with E-state index in [9.17, 15) is 18.8 Å². The minimum absolute atomic E-state index is 0.0720. The predicted octanol–water partition coefficient (Wildman–Crippen LogP) is 4.19. The molecule has 0 aliphatic carbocycles. The van der Waals surface area contributed by atoms with Crippen LogP contribution in [0.25, 0.3) is 5.57 Å². The third-order valence-corrected chi connectivity index (χ3v) is 5.02. The van der Waals surface area contributed by atoms with Gasteiger partial charge in [0.1, 0.15) is 17.3 Å². The van der Waals surface area contributed by atoms with Crippen LogP contribution in [0.15, 0.2) is 78.5 Å². The van der Waals surface area contributed by atoms with Crippen LogP contribution in [0.2, 0.25) is 0 Å². The maximum absolute atomic E-state index is 13.5. The van der Waals surface area contributed by atoms with E-state index >= 15 is 0 Å². The van der Waals surface area contributed by atoms with Gasteiger partial charge in [0.05, 0.1) is 18.4 Å². The highest BCUT2D eigenvalue weighted by atomic mass is 19.1. The number of amides is 3. The number of nitrogens with one attached hydrogen (secondary N) is 2. The zero-order valence-corrected chi connectivity index (χ0v) is 17.9. The minimum atomic E-state index is -0.553. The second-order valence-electron chi connectivity index (χ2n) is 7.28. The lowest BCUT2D eigenvalue weighted by Gasteiger charge is -2.16. The molecule has 166 valence electrons. The molecule has 1 heterocycles. The Labute approximate surface area is 189 Å². The first-order chi connectivity index (χ1) is 15.9. The summed E-state index contributed by atoms with van der Waals surface area (Å²) in [6.45, 7) is 1.39. The lowest BCUT2D eigenvalue weighted by Crippen LogP contribution is -2.32. The van der Waals surface area contributed by atoms with E-state index in [1.165, 1.54) is 31.2 Å². The zero-order chi connectivity index (χ0) is 23.5. The number of anilines is 3. The molecule has 0 saturated heterocycles. The Hall–Kier alpha value is -4.46. The van der Waals surface area contributed by atoms with Crippen LogP contribution in [0.4, 0.5) is 21.5 Å². The van der Waals surface area contributed by atoms with Gasteiger partial charge in [0.25, 0.3) is 11.8 Å². The maximum atomic E-state index is 13.5. The van der Waals surface area contributed by atoms with Gasteiger partial charge in [0, 0.05) is 18.3 Å². The van der Waals surface area contributed by atoms with Gasteiger partial charge in [-0.2, -0.15) is 0 Å². The van der Waals surface area contributed by atoms with E-state index < -0.39 is 17.6 Å². The molecule has 7 nitrogen and oxygen atoms in total. The fourth-order valence-corrected chi connectivity index (χ4v) is 3.48. The third-order valence-electron chi connectivity index (χ3n) is 5.02. The first-order valence-corrected chi connectivity index (χ1v) is 10.0. The molecule has 8 heteroatoms. The normalized spacial score (nSPS) is 13.4. The van der Waals surface area contributed by atoms with Crippen molar-refractivity contribution in [2.24, 2.45) is 0 Å². The van der Waals surface area contributed by atoms with E-state index in [4.69, 9.17) is 4.74 Å². The van der Waals surface area contributed by atoms with Crippen LogP contribution < -0.4 is 20.3 Å². The van der Waals surface area contributed by atoms with Crippen molar-refractivity contribution in [1.82, 2.24) is 0 Å². The van der Waals surface area contributed by atoms with Gasteiger partial charge in [-0.25, -0.2) is 9.29 Å².